The molecular weight excluding hydrogens is 200 g/mol. The highest BCUT2D eigenvalue weighted by Gasteiger charge is 2.03. The van der Waals surface area contributed by atoms with Crippen LogP contribution in [0.3, 0.4) is 0 Å². The molecule has 14 heavy (non-hydrogen) atoms. The summed E-state index contributed by atoms with van der Waals surface area (Å²) < 4.78 is 0. The Morgan fingerprint density at radius 2 is 2.29 bits per heavy atom. The average molecular weight is 208 g/mol. The SMILES string of the molecule is CSc1nc2cc(O)ccc2c(=O)[nH]1. The van der Waals surface area contributed by atoms with E-state index < -0.39 is 0 Å². The van der Waals surface area contributed by atoms with E-state index >= 15 is 0 Å². The predicted octanol–water partition coefficient (Wildman–Crippen LogP) is 1.35. The van der Waals surface area contributed by atoms with E-state index in [9.17, 15) is 9.90 Å². The summed E-state index contributed by atoms with van der Waals surface area (Å²) in [5, 5.41) is 10.3. The molecule has 0 saturated carbocycles. The van der Waals surface area contributed by atoms with Gasteiger partial charge in [-0.2, -0.15) is 0 Å². The predicted molar refractivity (Wildman–Crippen MR) is 55.8 cm³/mol. The van der Waals surface area contributed by atoms with E-state index in [2.05, 4.69) is 9.97 Å². The van der Waals surface area contributed by atoms with E-state index in [0.717, 1.165) is 0 Å². The molecule has 0 saturated heterocycles. The number of nitrogens with zero attached hydrogens (tertiary/aromatic N) is 1. The second-order valence-corrected chi connectivity index (χ2v) is 3.57. The first-order valence-corrected chi connectivity index (χ1v) is 5.20. The normalized spacial score (nSPS) is 10.6. The molecule has 4 nitrogen and oxygen atoms in total. The smallest absolute Gasteiger partial charge is 0.259 e. The molecule has 0 fully saturated rings. The van der Waals surface area contributed by atoms with E-state index in [0.29, 0.717) is 16.1 Å². The Kier molecular flexibility index (Phi) is 2.17. The Labute approximate surface area is 84.0 Å². The van der Waals surface area contributed by atoms with Gasteiger partial charge in [-0.3, -0.25) is 4.79 Å². The third kappa shape index (κ3) is 1.46. The third-order valence-corrected chi connectivity index (χ3v) is 2.44. The summed E-state index contributed by atoms with van der Waals surface area (Å²) in [6.07, 6.45) is 1.83. The van der Waals surface area contributed by atoms with Gasteiger partial charge in [-0.25, -0.2) is 4.98 Å². The summed E-state index contributed by atoms with van der Waals surface area (Å²) in [7, 11) is 0. The third-order valence-electron chi connectivity index (χ3n) is 1.86. The molecule has 2 rings (SSSR count). The zero-order chi connectivity index (χ0) is 10.1. The Morgan fingerprint density at radius 3 is 3.00 bits per heavy atom. The summed E-state index contributed by atoms with van der Waals surface area (Å²) in [6, 6.07) is 4.50. The molecule has 0 unspecified atom stereocenters. The minimum atomic E-state index is -0.181. The standard InChI is InChI=1S/C9H8N2O2S/c1-14-9-10-7-4-5(12)2-3-6(7)8(13)11-9/h2-4,12H,1H3,(H,10,11,13). The molecule has 0 aliphatic heterocycles. The van der Waals surface area contributed by atoms with Crippen LogP contribution in [0.2, 0.25) is 0 Å². The number of benzene rings is 1. The fourth-order valence-electron chi connectivity index (χ4n) is 1.20. The molecule has 5 heteroatoms. The summed E-state index contributed by atoms with van der Waals surface area (Å²) in [5.41, 5.74) is 0.331. The van der Waals surface area contributed by atoms with Crippen LogP contribution in [0.25, 0.3) is 10.9 Å². The molecule has 1 aromatic carbocycles. The first-order chi connectivity index (χ1) is 6.70. The van der Waals surface area contributed by atoms with Gasteiger partial charge in [0.1, 0.15) is 5.75 Å². The topological polar surface area (TPSA) is 66.0 Å². The molecule has 1 heterocycles. The zero-order valence-electron chi connectivity index (χ0n) is 7.44. The molecule has 2 N–H and O–H groups in total. The van der Waals surface area contributed by atoms with Crippen LogP contribution in [0.4, 0.5) is 0 Å². The van der Waals surface area contributed by atoms with Crippen molar-refractivity contribution in [1.82, 2.24) is 9.97 Å². The minimum absolute atomic E-state index is 0.114. The highest BCUT2D eigenvalue weighted by molar-refractivity contribution is 7.98. The molecule has 0 radical (unpaired) electrons. The van der Waals surface area contributed by atoms with Crippen molar-refractivity contribution in [2.45, 2.75) is 5.16 Å². The Hall–Kier alpha value is -1.49. The van der Waals surface area contributed by atoms with E-state index in [4.69, 9.17) is 0 Å². The van der Waals surface area contributed by atoms with Crippen molar-refractivity contribution in [2.75, 3.05) is 6.26 Å². The first-order valence-electron chi connectivity index (χ1n) is 3.98. The highest BCUT2D eigenvalue weighted by atomic mass is 32.2. The summed E-state index contributed by atoms with van der Waals surface area (Å²) in [5.74, 6) is 0.114. The van der Waals surface area contributed by atoms with Gasteiger partial charge in [0.15, 0.2) is 5.16 Å². The number of H-pyrrole nitrogens is 1. The molecule has 0 spiro atoms. The lowest BCUT2D eigenvalue weighted by molar-refractivity contribution is 0.476. The Balaban J connectivity index is 2.84. The maximum Gasteiger partial charge on any atom is 0.259 e. The van der Waals surface area contributed by atoms with Gasteiger partial charge in [0, 0.05) is 6.07 Å². The van der Waals surface area contributed by atoms with E-state index in [1.807, 2.05) is 6.26 Å². The largest absolute Gasteiger partial charge is 0.508 e. The van der Waals surface area contributed by atoms with E-state index in [1.165, 1.54) is 23.9 Å². The van der Waals surface area contributed by atoms with E-state index in [1.54, 1.807) is 6.07 Å². The van der Waals surface area contributed by atoms with Gasteiger partial charge in [0.25, 0.3) is 5.56 Å². The lowest BCUT2D eigenvalue weighted by Gasteiger charge is -1.99. The highest BCUT2D eigenvalue weighted by Crippen LogP contribution is 2.16. The lowest BCUT2D eigenvalue weighted by Crippen LogP contribution is -2.08. The molecular formula is C9H8N2O2S. The first kappa shape index (κ1) is 9.08. The number of phenols is 1. The number of aromatic nitrogens is 2. The van der Waals surface area contributed by atoms with Crippen LogP contribution >= 0.6 is 11.8 Å². The maximum absolute atomic E-state index is 11.5. The molecule has 0 amide bonds. The lowest BCUT2D eigenvalue weighted by atomic mass is 10.2. The number of thioether (sulfide) groups is 1. The molecule has 0 aliphatic carbocycles. The number of nitrogens with one attached hydrogen (secondary N) is 1. The van der Waals surface area contributed by atoms with Gasteiger partial charge in [0.2, 0.25) is 0 Å². The maximum atomic E-state index is 11.5. The zero-order valence-corrected chi connectivity index (χ0v) is 8.26. The summed E-state index contributed by atoms with van der Waals surface area (Å²) >= 11 is 1.36. The van der Waals surface area contributed by atoms with Crippen molar-refractivity contribution >= 4 is 22.7 Å². The van der Waals surface area contributed by atoms with Gasteiger partial charge in [-0.1, -0.05) is 11.8 Å². The van der Waals surface area contributed by atoms with Gasteiger partial charge in [-0.05, 0) is 18.4 Å². The van der Waals surface area contributed by atoms with E-state index in [-0.39, 0.29) is 11.3 Å². The van der Waals surface area contributed by atoms with Crippen LogP contribution in [-0.4, -0.2) is 21.3 Å². The number of aromatic amines is 1. The second-order valence-electron chi connectivity index (χ2n) is 2.78. The number of hydrogen-bond acceptors (Lipinski definition) is 4. The van der Waals surface area contributed by atoms with Crippen LogP contribution in [0.15, 0.2) is 28.2 Å². The average Bonchev–Trinajstić information content (AvgIpc) is 2.16. The van der Waals surface area contributed by atoms with Crippen molar-refractivity contribution < 1.29 is 5.11 Å². The monoisotopic (exact) mass is 208 g/mol. The van der Waals surface area contributed by atoms with Gasteiger partial charge < -0.3 is 10.1 Å². The van der Waals surface area contributed by atoms with Crippen LogP contribution in [-0.2, 0) is 0 Å². The quantitative estimate of drug-likeness (QED) is 0.548. The summed E-state index contributed by atoms with van der Waals surface area (Å²) in [6.45, 7) is 0. The number of fused-ring (bicyclic) bond motifs is 1. The fraction of sp³-hybridized carbons (Fsp3) is 0.111. The van der Waals surface area contributed by atoms with Crippen molar-refractivity contribution in [3.8, 4) is 5.75 Å². The van der Waals surface area contributed by atoms with Crippen molar-refractivity contribution in [2.24, 2.45) is 0 Å². The number of hydrogen-bond donors (Lipinski definition) is 2. The van der Waals surface area contributed by atoms with Crippen LogP contribution in [0.5, 0.6) is 5.75 Å². The van der Waals surface area contributed by atoms with Gasteiger partial charge in [0.05, 0.1) is 10.9 Å². The molecule has 0 aliphatic rings. The van der Waals surface area contributed by atoms with Gasteiger partial charge in [-0.15, -0.1) is 0 Å². The molecule has 2 aromatic rings. The van der Waals surface area contributed by atoms with Crippen LogP contribution in [0.1, 0.15) is 0 Å². The minimum Gasteiger partial charge on any atom is -0.508 e. The summed E-state index contributed by atoms with van der Waals surface area (Å²) in [4.78, 5) is 18.3. The second kappa shape index (κ2) is 3.34. The number of phenolic OH excluding ortho intramolecular Hbond substituents is 1. The molecule has 72 valence electrons. The number of aromatic hydroxyl groups is 1. The van der Waals surface area contributed by atoms with Crippen molar-refractivity contribution in [1.29, 1.82) is 0 Å². The van der Waals surface area contributed by atoms with Crippen molar-refractivity contribution in [3.63, 3.8) is 0 Å². The fourth-order valence-corrected chi connectivity index (χ4v) is 1.59. The molecule has 0 atom stereocenters. The van der Waals surface area contributed by atoms with Crippen LogP contribution < -0.4 is 5.56 Å². The van der Waals surface area contributed by atoms with Gasteiger partial charge >= 0.3 is 0 Å². The number of rotatable bonds is 1. The van der Waals surface area contributed by atoms with Crippen LogP contribution in [0, 0.1) is 0 Å². The van der Waals surface area contributed by atoms with Crippen molar-refractivity contribution in [3.05, 3.63) is 28.6 Å². The molecule has 1 aromatic heterocycles. The molecule has 0 bridgehead atoms. The Bertz CT molecular complexity index is 536. The Morgan fingerprint density at radius 1 is 1.50 bits per heavy atom.